The van der Waals surface area contributed by atoms with Gasteiger partial charge < -0.3 is 4.90 Å². The molecule has 1 aliphatic heterocycles. The molecular weight excluding hydrogens is 405 g/mol. The monoisotopic (exact) mass is 429 g/mol. The van der Waals surface area contributed by atoms with Crippen molar-refractivity contribution in [1.29, 1.82) is 5.26 Å². The Kier molecular flexibility index (Phi) is 7.19. The molecule has 0 saturated carbocycles. The molecule has 0 unspecified atom stereocenters. The molecule has 2 aromatic rings. The summed E-state index contributed by atoms with van der Waals surface area (Å²) >= 11 is 0. The maximum Gasteiger partial charge on any atom is 0.258 e. The van der Waals surface area contributed by atoms with Gasteiger partial charge in [-0.3, -0.25) is 4.79 Å². The van der Waals surface area contributed by atoms with Crippen LogP contribution < -0.4 is 4.90 Å². The number of carbonyl (C=O) groups is 1. The Bertz CT molecular complexity index is 1040. The van der Waals surface area contributed by atoms with Crippen molar-refractivity contribution < 1.29 is 17.6 Å². The molecule has 0 N–H and O–H groups in total. The third kappa shape index (κ3) is 4.86. The summed E-state index contributed by atoms with van der Waals surface area (Å²) in [7, 11) is -3.72. The Hall–Kier alpha value is -2.76. The molecule has 1 aliphatic rings. The van der Waals surface area contributed by atoms with E-state index in [4.69, 9.17) is 5.26 Å². The van der Waals surface area contributed by atoms with Gasteiger partial charge in [0.15, 0.2) is 0 Å². The first-order valence-electron chi connectivity index (χ1n) is 9.98. The van der Waals surface area contributed by atoms with Crippen LogP contribution in [0.25, 0.3) is 0 Å². The smallest absolute Gasteiger partial charge is 0.258 e. The van der Waals surface area contributed by atoms with E-state index in [1.807, 2.05) is 6.07 Å². The first kappa shape index (κ1) is 21.9. The zero-order valence-electron chi connectivity index (χ0n) is 16.6. The van der Waals surface area contributed by atoms with Crippen LogP contribution in [0, 0.1) is 17.1 Å². The van der Waals surface area contributed by atoms with E-state index in [2.05, 4.69) is 0 Å². The second-order valence-corrected chi connectivity index (χ2v) is 9.10. The molecule has 1 saturated heterocycles. The lowest BCUT2D eigenvalue weighted by molar-refractivity contribution is 0.0986. The normalized spacial score (nSPS) is 15.2. The first-order chi connectivity index (χ1) is 14.4. The van der Waals surface area contributed by atoms with Crippen LogP contribution in [0.4, 0.5) is 10.1 Å². The van der Waals surface area contributed by atoms with Crippen molar-refractivity contribution in [2.75, 3.05) is 24.5 Å². The van der Waals surface area contributed by atoms with E-state index in [0.29, 0.717) is 13.1 Å². The van der Waals surface area contributed by atoms with E-state index in [1.165, 1.54) is 51.7 Å². The number of nitrogens with zero attached hydrogens (tertiary/aromatic N) is 3. The Morgan fingerprint density at radius 1 is 1.07 bits per heavy atom. The van der Waals surface area contributed by atoms with Gasteiger partial charge in [0.2, 0.25) is 10.0 Å². The number of benzene rings is 2. The highest BCUT2D eigenvalue weighted by Crippen LogP contribution is 2.24. The van der Waals surface area contributed by atoms with Crippen molar-refractivity contribution in [3.63, 3.8) is 0 Å². The molecule has 1 heterocycles. The zero-order valence-corrected chi connectivity index (χ0v) is 17.4. The van der Waals surface area contributed by atoms with E-state index in [0.717, 1.165) is 25.7 Å². The largest absolute Gasteiger partial charge is 0.304 e. The van der Waals surface area contributed by atoms with Gasteiger partial charge in [0.1, 0.15) is 5.82 Å². The van der Waals surface area contributed by atoms with Gasteiger partial charge in [-0.1, -0.05) is 31.0 Å². The van der Waals surface area contributed by atoms with Gasteiger partial charge in [-0.2, -0.15) is 9.57 Å². The molecular formula is C22H24FN3O3S. The summed E-state index contributed by atoms with van der Waals surface area (Å²) in [5, 5.41) is 8.94. The Labute approximate surface area is 176 Å². The fourth-order valence-electron chi connectivity index (χ4n) is 3.54. The number of rotatable bonds is 6. The number of nitriles is 1. The van der Waals surface area contributed by atoms with Crippen LogP contribution in [0.5, 0.6) is 0 Å². The van der Waals surface area contributed by atoms with Gasteiger partial charge in [-0.05, 0) is 43.2 Å². The van der Waals surface area contributed by atoms with Gasteiger partial charge >= 0.3 is 0 Å². The minimum Gasteiger partial charge on any atom is -0.304 e. The maximum atomic E-state index is 14.3. The number of carbonyl (C=O) groups excluding carboxylic acids is 1. The van der Waals surface area contributed by atoms with Crippen LogP contribution >= 0.6 is 0 Å². The Morgan fingerprint density at radius 2 is 1.77 bits per heavy atom. The fourth-order valence-corrected chi connectivity index (χ4v) is 5.10. The van der Waals surface area contributed by atoms with Gasteiger partial charge in [-0.25, -0.2) is 12.8 Å². The maximum absolute atomic E-state index is 14.3. The molecule has 0 aliphatic carbocycles. The summed E-state index contributed by atoms with van der Waals surface area (Å²) in [4.78, 5) is 14.4. The number of halogens is 1. The van der Waals surface area contributed by atoms with Crippen LogP contribution in [-0.4, -0.2) is 38.3 Å². The number of hydrogen-bond acceptors (Lipinski definition) is 4. The van der Waals surface area contributed by atoms with E-state index in [1.54, 1.807) is 6.07 Å². The van der Waals surface area contributed by atoms with E-state index in [9.17, 15) is 17.6 Å². The van der Waals surface area contributed by atoms with E-state index >= 15 is 0 Å². The molecule has 0 atom stereocenters. The van der Waals surface area contributed by atoms with Crippen molar-refractivity contribution in [2.45, 2.75) is 37.0 Å². The minimum atomic E-state index is -3.72. The molecule has 3 rings (SSSR count). The predicted octanol–water partition coefficient (Wildman–Crippen LogP) is 3.95. The van der Waals surface area contributed by atoms with E-state index < -0.39 is 21.7 Å². The van der Waals surface area contributed by atoms with Crippen molar-refractivity contribution in [3.8, 4) is 6.07 Å². The third-order valence-corrected chi connectivity index (χ3v) is 7.01. The topological polar surface area (TPSA) is 81.5 Å². The number of anilines is 1. The lowest BCUT2D eigenvalue weighted by Gasteiger charge is -2.23. The SMILES string of the molecule is N#CCCN(C(=O)c1cccc(S(=O)(=O)N2CCCCCC2)c1)c1ccccc1F. The van der Waals surface area contributed by atoms with Crippen LogP contribution in [0.2, 0.25) is 0 Å². The molecule has 0 aromatic heterocycles. The lowest BCUT2D eigenvalue weighted by atomic mass is 10.1. The second kappa shape index (κ2) is 9.83. The van der Waals surface area contributed by atoms with Crippen LogP contribution in [0.3, 0.4) is 0 Å². The van der Waals surface area contributed by atoms with Crippen molar-refractivity contribution in [2.24, 2.45) is 0 Å². The number of sulfonamides is 1. The number of para-hydroxylation sites is 1. The summed E-state index contributed by atoms with van der Waals surface area (Å²) in [5.41, 5.74) is 0.186. The molecule has 0 spiro atoms. The minimum absolute atomic E-state index is 0.000626. The zero-order chi connectivity index (χ0) is 21.6. The summed E-state index contributed by atoms with van der Waals surface area (Å²) in [6, 6.07) is 13.6. The quantitative estimate of drug-likeness (QED) is 0.696. The van der Waals surface area contributed by atoms with Gasteiger partial charge in [0, 0.05) is 25.2 Å². The average Bonchev–Trinajstić information content (AvgIpc) is 3.05. The summed E-state index contributed by atoms with van der Waals surface area (Å²) in [5.74, 6) is -1.14. The molecule has 8 heteroatoms. The van der Waals surface area contributed by atoms with Crippen LogP contribution in [0.1, 0.15) is 42.5 Å². The van der Waals surface area contributed by atoms with Crippen LogP contribution in [0.15, 0.2) is 53.4 Å². The number of amides is 1. The Balaban J connectivity index is 1.94. The predicted molar refractivity (Wildman–Crippen MR) is 112 cm³/mol. The van der Waals surface area contributed by atoms with Gasteiger partial charge in [0.25, 0.3) is 5.91 Å². The standard InChI is InChI=1S/C22H24FN3O3S/c23-20-11-3-4-12-21(20)26(16-8-13-24)22(27)18-9-7-10-19(17-18)30(28,29)25-14-5-1-2-6-15-25/h3-4,7,9-12,17H,1-2,5-6,8,14-16H2. The molecule has 2 aromatic carbocycles. The van der Waals surface area contributed by atoms with Gasteiger partial charge in [-0.15, -0.1) is 0 Å². The molecule has 30 heavy (non-hydrogen) atoms. The second-order valence-electron chi connectivity index (χ2n) is 7.16. The van der Waals surface area contributed by atoms with Gasteiger partial charge in [0.05, 0.1) is 23.1 Å². The molecule has 6 nitrogen and oxygen atoms in total. The number of hydrogen-bond donors (Lipinski definition) is 0. The van der Waals surface area contributed by atoms with Crippen molar-refractivity contribution >= 4 is 21.6 Å². The van der Waals surface area contributed by atoms with E-state index in [-0.39, 0.29) is 29.1 Å². The molecule has 0 bridgehead atoms. The van der Waals surface area contributed by atoms with Crippen molar-refractivity contribution in [1.82, 2.24) is 4.31 Å². The third-order valence-electron chi connectivity index (χ3n) is 5.12. The molecule has 1 amide bonds. The first-order valence-corrected chi connectivity index (χ1v) is 11.4. The summed E-state index contributed by atoms with van der Waals surface area (Å²) in [6.45, 7) is 0.924. The lowest BCUT2D eigenvalue weighted by Crippen LogP contribution is -2.34. The Morgan fingerprint density at radius 3 is 2.43 bits per heavy atom. The van der Waals surface area contributed by atoms with Crippen LogP contribution in [-0.2, 0) is 10.0 Å². The molecule has 158 valence electrons. The molecule has 1 fully saturated rings. The summed E-state index contributed by atoms with van der Waals surface area (Å²) in [6.07, 6.45) is 3.65. The average molecular weight is 430 g/mol. The van der Waals surface area contributed by atoms with Crippen molar-refractivity contribution in [3.05, 3.63) is 59.9 Å². The fraction of sp³-hybridized carbons (Fsp3) is 0.364. The highest BCUT2D eigenvalue weighted by Gasteiger charge is 2.27. The highest BCUT2D eigenvalue weighted by molar-refractivity contribution is 7.89. The highest BCUT2D eigenvalue weighted by atomic mass is 32.2. The molecule has 0 radical (unpaired) electrons. The summed E-state index contributed by atoms with van der Waals surface area (Å²) < 4.78 is 41.9.